The molecule has 2 aromatic heterocycles. The molecule has 0 aliphatic carbocycles. The molecule has 4 heterocycles. The van der Waals surface area contributed by atoms with Gasteiger partial charge in [0.2, 0.25) is 12.3 Å². The molecule has 0 saturated carbocycles. The van der Waals surface area contributed by atoms with Gasteiger partial charge in [-0.3, -0.25) is 24.2 Å². The Hall–Kier alpha value is -5.34. The van der Waals surface area contributed by atoms with Crippen LogP contribution in [0.5, 0.6) is 0 Å². The zero-order chi connectivity index (χ0) is 33.5. The highest BCUT2D eigenvalue weighted by molar-refractivity contribution is 8.00. The lowest BCUT2D eigenvalue weighted by molar-refractivity contribution is -0.162. The van der Waals surface area contributed by atoms with E-state index in [4.69, 9.17) is 9.57 Å². The van der Waals surface area contributed by atoms with Crippen LogP contribution >= 0.6 is 23.1 Å². The molecule has 0 spiro atoms. The average Bonchev–Trinajstić information content (AvgIpc) is 3.60. The summed E-state index contributed by atoms with van der Waals surface area (Å²) < 4.78 is 6.16. The third-order valence-corrected chi connectivity index (χ3v) is 10.2. The van der Waals surface area contributed by atoms with Gasteiger partial charge in [-0.2, -0.15) is 0 Å². The molecule has 48 heavy (non-hydrogen) atoms. The maximum Gasteiger partial charge on any atom is 0.319 e. The van der Waals surface area contributed by atoms with E-state index < -0.39 is 34.8 Å². The number of nitrogens with one attached hydrogen (secondary N) is 2. The average molecular weight is 683 g/mol. The van der Waals surface area contributed by atoms with Crippen molar-refractivity contribution in [2.24, 2.45) is 10.6 Å². The minimum Gasteiger partial charge on any atom is -0.452 e. The van der Waals surface area contributed by atoms with Crippen molar-refractivity contribution in [2.45, 2.75) is 24.1 Å². The number of ether oxygens (including phenoxy) is 1. The number of hydrogen-bond donors (Lipinski definition) is 2. The van der Waals surface area contributed by atoms with Gasteiger partial charge in [0.05, 0.1) is 5.69 Å². The van der Waals surface area contributed by atoms with Gasteiger partial charge >= 0.3 is 5.97 Å². The fraction of sp³-hybridized carbons (Fsp3) is 0.206. The molecule has 14 heteroatoms. The van der Waals surface area contributed by atoms with Gasteiger partial charge in [0, 0.05) is 23.9 Å². The van der Waals surface area contributed by atoms with E-state index in [0.717, 1.165) is 22.5 Å². The van der Waals surface area contributed by atoms with E-state index in [2.05, 4.69) is 32.3 Å². The fourth-order valence-electron chi connectivity index (χ4n) is 5.29. The molecule has 244 valence electrons. The summed E-state index contributed by atoms with van der Waals surface area (Å²) in [7, 11) is 0. The van der Waals surface area contributed by atoms with Crippen molar-refractivity contribution in [2.75, 3.05) is 17.6 Å². The number of pyridine rings is 1. The van der Waals surface area contributed by atoms with E-state index >= 15 is 0 Å². The minimum absolute atomic E-state index is 0.00897. The summed E-state index contributed by atoms with van der Waals surface area (Å²) in [6.07, 6.45) is 2.97. The summed E-state index contributed by atoms with van der Waals surface area (Å²) in [5.41, 5.74) is 1.04. The highest BCUT2D eigenvalue weighted by Crippen LogP contribution is 2.44. The third kappa shape index (κ3) is 6.85. The number of carbonyl (C=O) groups excluding carboxylic acids is 4. The number of fused-ring (bicyclic) bond motifs is 1. The Labute approximate surface area is 284 Å². The van der Waals surface area contributed by atoms with Gasteiger partial charge in [0.15, 0.2) is 23.6 Å². The van der Waals surface area contributed by atoms with Crippen molar-refractivity contribution in [3.8, 4) is 0 Å². The molecule has 2 fully saturated rings. The summed E-state index contributed by atoms with van der Waals surface area (Å²) in [5, 5.41) is 10.6. The van der Waals surface area contributed by atoms with E-state index in [1.54, 1.807) is 40.8 Å². The Kier molecular flexibility index (Phi) is 9.92. The number of β-lactam (4-membered cyclic amide) rings is 1. The number of thioether (sulfide) groups is 1. The number of hydrogen-bond acceptors (Lipinski definition) is 11. The zero-order valence-corrected chi connectivity index (χ0v) is 27.1. The lowest BCUT2D eigenvalue weighted by atomic mass is 9.87. The van der Waals surface area contributed by atoms with Crippen molar-refractivity contribution in [1.82, 2.24) is 20.2 Å². The van der Waals surface area contributed by atoms with Crippen molar-refractivity contribution in [1.29, 1.82) is 0 Å². The smallest absolute Gasteiger partial charge is 0.319 e. The van der Waals surface area contributed by atoms with Gasteiger partial charge in [-0.05, 0) is 23.3 Å². The highest BCUT2D eigenvalue weighted by Gasteiger charge is 2.57. The normalized spacial score (nSPS) is 20.2. The Bertz CT molecular complexity index is 1780. The van der Waals surface area contributed by atoms with Crippen LogP contribution in [0.4, 0.5) is 5.13 Å². The third-order valence-electron chi connectivity index (χ3n) is 7.86. The summed E-state index contributed by atoms with van der Waals surface area (Å²) in [5.74, 6) is -1.26. The second-order valence-electron chi connectivity index (χ2n) is 10.9. The second kappa shape index (κ2) is 14.6. The second-order valence-corrected chi connectivity index (χ2v) is 12.9. The molecule has 2 aliphatic rings. The number of nitrogens with zero attached hydrogens (tertiary/aromatic N) is 4. The molecule has 2 unspecified atom stereocenters. The van der Waals surface area contributed by atoms with Crippen molar-refractivity contribution in [3.05, 3.63) is 126 Å². The SMILES string of the molecule is C=CC1(C(=O)OC(c2ccccc2)c2ccccc2)CS[C@@H]2C(NC(=O)C(=NOCc3ccccn3)c3csc(NC=O)n3)C(=O)N2C1. The molecule has 4 aromatic rings. The first-order chi connectivity index (χ1) is 23.4. The molecule has 0 radical (unpaired) electrons. The summed E-state index contributed by atoms with van der Waals surface area (Å²) in [4.78, 5) is 67.1. The van der Waals surface area contributed by atoms with E-state index in [1.165, 1.54) is 11.8 Å². The van der Waals surface area contributed by atoms with Crippen LogP contribution in [0.25, 0.3) is 0 Å². The quantitative estimate of drug-likeness (QED) is 0.0534. The Morgan fingerprint density at radius 3 is 2.44 bits per heavy atom. The van der Waals surface area contributed by atoms with Crippen molar-refractivity contribution >= 4 is 58.1 Å². The van der Waals surface area contributed by atoms with Gasteiger partial charge < -0.3 is 25.1 Å². The lowest BCUT2D eigenvalue weighted by Crippen LogP contribution is -2.73. The van der Waals surface area contributed by atoms with Crippen molar-refractivity contribution < 1.29 is 28.8 Å². The predicted molar refractivity (Wildman–Crippen MR) is 181 cm³/mol. The summed E-state index contributed by atoms with van der Waals surface area (Å²) in [6, 6.07) is 23.3. The highest BCUT2D eigenvalue weighted by atomic mass is 32.2. The molecule has 0 bridgehead atoms. The molecule has 2 aromatic carbocycles. The topological polar surface area (TPSA) is 152 Å². The molecule has 2 saturated heterocycles. The summed E-state index contributed by atoms with van der Waals surface area (Å²) in [6.45, 7) is 3.98. The molecule has 3 atom stereocenters. The number of benzene rings is 2. The monoisotopic (exact) mass is 682 g/mol. The number of carbonyl (C=O) groups is 4. The minimum atomic E-state index is -1.16. The molecule has 3 amide bonds. The largest absolute Gasteiger partial charge is 0.452 e. The molecule has 2 aliphatic heterocycles. The van der Waals surface area contributed by atoms with Crippen LogP contribution in [0.2, 0.25) is 0 Å². The molecule has 2 N–H and O–H groups in total. The Balaban J connectivity index is 1.15. The Morgan fingerprint density at radius 2 is 1.79 bits per heavy atom. The number of rotatable bonds is 13. The van der Waals surface area contributed by atoms with Crippen LogP contribution < -0.4 is 10.6 Å². The predicted octanol–water partition coefficient (Wildman–Crippen LogP) is 3.93. The van der Waals surface area contributed by atoms with Gasteiger partial charge in [-0.1, -0.05) is 78.0 Å². The summed E-state index contributed by atoms with van der Waals surface area (Å²) >= 11 is 2.45. The van der Waals surface area contributed by atoms with E-state index in [0.29, 0.717) is 12.1 Å². The molecule has 12 nitrogen and oxygen atoms in total. The maximum absolute atomic E-state index is 13.9. The van der Waals surface area contributed by atoms with Crippen LogP contribution in [-0.2, 0) is 35.4 Å². The first kappa shape index (κ1) is 32.6. The number of anilines is 1. The number of esters is 1. The van der Waals surface area contributed by atoms with E-state index in [9.17, 15) is 19.2 Å². The molecular weight excluding hydrogens is 653 g/mol. The van der Waals surface area contributed by atoms with Crippen LogP contribution in [0.1, 0.15) is 28.6 Å². The van der Waals surface area contributed by atoms with Gasteiger partial charge in [-0.25, -0.2) is 4.98 Å². The number of oxime groups is 1. The van der Waals surface area contributed by atoms with Crippen LogP contribution in [0.15, 0.2) is 108 Å². The van der Waals surface area contributed by atoms with Crippen molar-refractivity contribution in [3.63, 3.8) is 0 Å². The lowest BCUT2D eigenvalue weighted by Gasteiger charge is -2.53. The van der Waals surface area contributed by atoms with Gasteiger partial charge in [0.1, 0.15) is 22.5 Å². The van der Waals surface area contributed by atoms with Crippen LogP contribution in [0, 0.1) is 5.41 Å². The molecule has 6 rings (SSSR count). The first-order valence-corrected chi connectivity index (χ1v) is 16.8. The van der Waals surface area contributed by atoms with Gasteiger partial charge in [0.25, 0.3) is 5.91 Å². The number of thiazole rings is 1. The Morgan fingerprint density at radius 1 is 1.08 bits per heavy atom. The van der Waals surface area contributed by atoms with Crippen LogP contribution in [0.3, 0.4) is 0 Å². The van der Waals surface area contributed by atoms with E-state index in [-0.39, 0.29) is 41.3 Å². The standard InChI is InChI=1S/C34H30N6O6S2/c1-2-34(32(44)46-28(22-11-5-3-6-12-22)23-13-7-4-8-14-23)19-40-30(43)27(31(40)48-20-34)38-29(42)26(25-18-47-33(37-25)36-21-41)39-45-17-24-15-9-10-16-35-24/h2-16,18,21,27-28,31H,1,17,19-20H2,(H,38,42)(H,36,37,41)/t27?,31-,34?/m1/s1. The number of amides is 3. The van der Waals surface area contributed by atoms with Crippen LogP contribution in [-0.4, -0.2) is 68.5 Å². The first-order valence-electron chi connectivity index (χ1n) is 14.9. The fourth-order valence-corrected chi connectivity index (χ4v) is 7.48. The maximum atomic E-state index is 13.9. The molecular formula is C34H30N6O6S2. The van der Waals surface area contributed by atoms with E-state index in [1.807, 2.05) is 60.7 Å². The number of aromatic nitrogens is 2. The van der Waals surface area contributed by atoms with Gasteiger partial charge in [-0.15, -0.1) is 29.7 Å². The zero-order valence-electron chi connectivity index (χ0n) is 25.4.